The Morgan fingerprint density at radius 1 is 1.24 bits per heavy atom. The van der Waals surface area contributed by atoms with Gasteiger partial charge in [-0.15, -0.1) is 0 Å². The first-order valence-electron chi connectivity index (χ1n) is 12.4. The summed E-state index contributed by atoms with van der Waals surface area (Å²) in [6, 6.07) is 6.12. The number of halogens is 2. The smallest absolute Gasteiger partial charge is 0.236 e. The Kier molecular flexibility index (Phi) is 8.09. The van der Waals surface area contributed by atoms with Crippen molar-refractivity contribution in [2.24, 2.45) is 4.99 Å². The monoisotopic (exact) mass is 529 g/mol. The van der Waals surface area contributed by atoms with Crippen LogP contribution < -0.4 is 10.1 Å². The number of hydrogen-bond donors (Lipinski definition) is 1. The number of ketones is 1. The third-order valence-corrected chi connectivity index (χ3v) is 7.17. The Morgan fingerprint density at radius 3 is 2.89 bits per heavy atom. The van der Waals surface area contributed by atoms with Crippen molar-refractivity contribution in [2.45, 2.75) is 25.4 Å². The maximum atomic E-state index is 13.4. The van der Waals surface area contributed by atoms with E-state index >= 15 is 0 Å². The van der Waals surface area contributed by atoms with Crippen LogP contribution >= 0.6 is 11.6 Å². The van der Waals surface area contributed by atoms with Crippen molar-refractivity contribution >= 4 is 34.7 Å². The summed E-state index contributed by atoms with van der Waals surface area (Å²) in [5.41, 5.74) is 2.12. The highest BCUT2D eigenvalue weighted by Crippen LogP contribution is 2.29. The molecule has 37 heavy (non-hydrogen) atoms. The van der Waals surface area contributed by atoms with Gasteiger partial charge in [0.2, 0.25) is 5.91 Å². The molecule has 4 heterocycles. The lowest BCUT2D eigenvalue weighted by molar-refractivity contribution is -0.129. The molecular formula is C26H29ClFN5O4. The molecule has 2 aromatic rings. The number of aromatic nitrogens is 1. The number of likely N-dealkylation sites (tertiary alicyclic amines) is 1. The molecule has 0 radical (unpaired) electrons. The highest BCUT2D eigenvalue weighted by molar-refractivity contribution is 6.30. The third-order valence-electron chi connectivity index (χ3n) is 6.88. The molecule has 196 valence electrons. The van der Waals surface area contributed by atoms with Crippen LogP contribution in [0.25, 0.3) is 0 Å². The number of morpholine rings is 1. The fourth-order valence-corrected chi connectivity index (χ4v) is 5.05. The highest BCUT2D eigenvalue weighted by Gasteiger charge is 2.31. The Balaban J connectivity index is 1.17. The topological polar surface area (TPSA) is 96.4 Å². The van der Waals surface area contributed by atoms with Crippen molar-refractivity contribution in [3.63, 3.8) is 0 Å². The first-order chi connectivity index (χ1) is 18.0. The Morgan fingerprint density at radius 2 is 2.08 bits per heavy atom. The quantitative estimate of drug-likeness (QED) is 0.561. The lowest BCUT2D eigenvalue weighted by Crippen LogP contribution is -2.45. The summed E-state index contributed by atoms with van der Waals surface area (Å²) in [5.74, 6) is -0.174. The molecule has 1 aromatic heterocycles. The molecule has 3 aliphatic rings. The van der Waals surface area contributed by atoms with Crippen molar-refractivity contribution in [3.05, 3.63) is 52.6 Å². The number of rotatable bonds is 8. The van der Waals surface area contributed by atoms with E-state index < -0.39 is 5.82 Å². The first-order valence-corrected chi connectivity index (χ1v) is 12.8. The molecule has 0 aliphatic carbocycles. The van der Waals surface area contributed by atoms with Crippen LogP contribution in [0.1, 0.15) is 28.9 Å². The lowest BCUT2D eigenvalue weighted by Gasteiger charge is -2.32. The second kappa shape index (κ2) is 11.6. The SMILES string of the molecule is O=C1CC(COc2ccc(F)c(Cl)c2)=Nc2c1ccnc2CNCC(=O)N1CCC(N2CCOCC2)C1. The van der Waals surface area contributed by atoms with Crippen molar-refractivity contribution in [2.75, 3.05) is 52.5 Å². The van der Waals surface area contributed by atoms with Crippen LogP contribution in [0.15, 0.2) is 35.5 Å². The van der Waals surface area contributed by atoms with E-state index in [9.17, 15) is 14.0 Å². The van der Waals surface area contributed by atoms with Gasteiger partial charge in [0.05, 0.1) is 48.3 Å². The lowest BCUT2D eigenvalue weighted by atomic mass is 10.00. The van der Waals surface area contributed by atoms with Gasteiger partial charge in [0.15, 0.2) is 5.78 Å². The fraction of sp³-hybridized carbons (Fsp3) is 0.462. The number of aliphatic imine (C=N–C) groups is 1. The van der Waals surface area contributed by atoms with Gasteiger partial charge >= 0.3 is 0 Å². The summed E-state index contributed by atoms with van der Waals surface area (Å²) in [6.07, 6.45) is 2.68. The summed E-state index contributed by atoms with van der Waals surface area (Å²) < 4.78 is 24.5. The molecular weight excluding hydrogens is 501 g/mol. The van der Waals surface area contributed by atoms with Crippen LogP contribution in [0.3, 0.4) is 0 Å². The van der Waals surface area contributed by atoms with Gasteiger partial charge in [-0.2, -0.15) is 0 Å². The van der Waals surface area contributed by atoms with Gasteiger partial charge in [0.25, 0.3) is 0 Å². The van der Waals surface area contributed by atoms with Gasteiger partial charge in [0, 0.05) is 56.6 Å². The predicted molar refractivity (Wildman–Crippen MR) is 136 cm³/mol. The largest absolute Gasteiger partial charge is 0.488 e. The highest BCUT2D eigenvalue weighted by atomic mass is 35.5. The summed E-state index contributed by atoms with van der Waals surface area (Å²) in [4.78, 5) is 38.9. The average Bonchev–Trinajstić information content (AvgIpc) is 3.41. The van der Waals surface area contributed by atoms with Crippen LogP contribution in [0.5, 0.6) is 5.75 Å². The van der Waals surface area contributed by atoms with E-state index in [0.717, 1.165) is 45.8 Å². The summed E-state index contributed by atoms with van der Waals surface area (Å²) >= 11 is 5.81. The number of amides is 1. The van der Waals surface area contributed by atoms with Crippen LogP contribution in [-0.4, -0.2) is 90.8 Å². The number of fused-ring (bicyclic) bond motifs is 1. The number of carbonyl (C=O) groups excluding carboxylic acids is 2. The van der Waals surface area contributed by atoms with E-state index in [-0.39, 0.29) is 36.3 Å². The molecule has 0 bridgehead atoms. The van der Waals surface area contributed by atoms with Crippen LogP contribution in [0.2, 0.25) is 5.02 Å². The maximum Gasteiger partial charge on any atom is 0.236 e. The zero-order chi connectivity index (χ0) is 25.8. The van der Waals surface area contributed by atoms with E-state index in [1.54, 1.807) is 12.3 Å². The third kappa shape index (κ3) is 6.15. The number of Topliss-reactive ketones (excluding diaryl/α,β-unsaturated/α-hetero) is 1. The zero-order valence-electron chi connectivity index (χ0n) is 20.4. The van der Waals surface area contributed by atoms with Gasteiger partial charge in [-0.3, -0.25) is 24.5 Å². The molecule has 2 saturated heterocycles. The number of hydrogen-bond acceptors (Lipinski definition) is 8. The molecule has 2 fully saturated rings. The summed E-state index contributed by atoms with van der Waals surface area (Å²) in [6.45, 7) is 5.36. The number of carbonyl (C=O) groups is 2. The molecule has 0 spiro atoms. The van der Waals surface area contributed by atoms with Gasteiger partial charge in [-0.25, -0.2) is 4.39 Å². The molecule has 1 N–H and O–H groups in total. The summed E-state index contributed by atoms with van der Waals surface area (Å²) in [7, 11) is 0. The molecule has 1 unspecified atom stereocenters. The van der Waals surface area contributed by atoms with E-state index in [2.05, 4.69) is 20.2 Å². The number of ether oxygens (including phenoxy) is 2. The van der Waals surface area contributed by atoms with E-state index in [1.165, 1.54) is 18.2 Å². The van der Waals surface area contributed by atoms with Gasteiger partial charge < -0.3 is 19.7 Å². The van der Waals surface area contributed by atoms with Crippen molar-refractivity contribution in [1.82, 2.24) is 20.1 Å². The van der Waals surface area contributed by atoms with Crippen LogP contribution in [0.4, 0.5) is 10.1 Å². The average molecular weight is 530 g/mol. The van der Waals surface area contributed by atoms with Crippen LogP contribution in [0, 0.1) is 5.82 Å². The first kappa shape index (κ1) is 25.7. The number of nitrogens with one attached hydrogen (secondary N) is 1. The Labute approximate surface area is 219 Å². The van der Waals surface area contributed by atoms with Crippen molar-refractivity contribution in [1.29, 1.82) is 0 Å². The number of pyridine rings is 1. The van der Waals surface area contributed by atoms with E-state index in [4.69, 9.17) is 21.1 Å². The molecule has 3 aliphatic heterocycles. The Bertz CT molecular complexity index is 1200. The predicted octanol–water partition coefficient (Wildman–Crippen LogP) is 2.63. The second-order valence-corrected chi connectivity index (χ2v) is 9.74. The van der Waals surface area contributed by atoms with E-state index in [1.807, 2.05) is 4.90 Å². The van der Waals surface area contributed by atoms with Crippen molar-refractivity contribution < 1.29 is 23.5 Å². The second-order valence-electron chi connectivity index (χ2n) is 9.33. The van der Waals surface area contributed by atoms with Crippen LogP contribution in [-0.2, 0) is 16.1 Å². The standard InChI is InChI=1S/C26H29ClFN5O4/c27-21-12-19(1-2-22(21)28)37-16-17-11-24(34)20-3-5-30-23(26(20)31-17)13-29-14-25(35)33-6-4-18(15-33)32-7-9-36-10-8-32/h1-3,5,12,18,29H,4,6-11,13-16H2. The fourth-order valence-electron chi connectivity index (χ4n) is 4.88. The molecule has 9 nitrogen and oxygen atoms in total. The normalized spacial score (nSPS) is 20.1. The molecule has 1 atom stereocenters. The van der Waals surface area contributed by atoms with Gasteiger partial charge in [0.1, 0.15) is 18.2 Å². The van der Waals surface area contributed by atoms with Crippen molar-refractivity contribution in [3.8, 4) is 5.75 Å². The number of nitrogens with zero attached hydrogens (tertiary/aromatic N) is 4. The minimum absolute atomic E-state index is 0.0397. The molecule has 1 amide bonds. The molecule has 1 aromatic carbocycles. The molecule has 11 heteroatoms. The Hall–Kier alpha value is -2.92. The molecule has 0 saturated carbocycles. The minimum Gasteiger partial charge on any atom is -0.488 e. The number of benzene rings is 1. The zero-order valence-corrected chi connectivity index (χ0v) is 21.2. The minimum atomic E-state index is -0.531. The van der Waals surface area contributed by atoms with E-state index in [0.29, 0.717) is 41.0 Å². The maximum absolute atomic E-state index is 13.4. The molecule has 5 rings (SSSR count). The van der Waals surface area contributed by atoms with Gasteiger partial charge in [-0.1, -0.05) is 11.6 Å². The van der Waals surface area contributed by atoms with Gasteiger partial charge in [-0.05, 0) is 24.6 Å². The summed E-state index contributed by atoms with van der Waals surface area (Å²) in [5, 5.41) is 3.13.